The van der Waals surface area contributed by atoms with Crippen molar-refractivity contribution in [1.29, 1.82) is 0 Å². The van der Waals surface area contributed by atoms with Crippen molar-refractivity contribution in [3.63, 3.8) is 0 Å². The Labute approximate surface area is 135 Å². The Morgan fingerprint density at radius 3 is 2.77 bits per heavy atom. The normalized spacial score (nSPS) is 16.5. The molecule has 0 aromatic carbocycles. The minimum atomic E-state index is 0.0879. The summed E-state index contributed by atoms with van der Waals surface area (Å²) in [6.07, 6.45) is 5.53. The monoisotopic (exact) mass is 321 g/mol. The van der Waals surface area contributed by atoms with E-state index in [0.717, 1.165) is 36.3 Å². The standard InChI is InChI=1S/C15H23N5OS/c1-10(2)9-13-17-18-14(21-13)11(3)22-15-19-16-12-7-5-4-6-8-20(12)15/h10-11H,4-9H2,1-3H3/t11-/m0/s1. The molecule has 1 atom stereocenters. The van der Waals surface area contributed by atoms with Crippen LogP contribution in [0.15, 0.2) is 9.57 Å². The van der Waals surface area contributed by atoms with Crippen molar-refractivity contribution in [3.05, 3.63) is 17.6 Å². The SMILES string of the molecule is CC(C)Cc1nnc([C@H](C)Sc2nnc3n2CCCCC3)o1. The molecule has 0 amide bonds. The number of thioether (sulfide) groups is 1. The lowest BCUT2D eigenvalue weighted by molar-refractivity contribution is 0.426. The Hall–Kier alpha value is -1.37. The predicted molar refractivity (Wildman–Crippen MR) is 84.7 cm³/mol. The first-order chi connectivity index (χ1) is 10.6. The average molecular weight is 321 g/mol. The van der Waals surface area contributed by atoms with Crippen LogP contribution in [0, 0.1) is 5.92 Å². The summed E-state index contributed by atoms with van der Waals surface area (Å²) >= 11 is 1.65. The van der Waals surface area contributed by atoms with E-state index in [2.05, 4.69) is 45.7 Å². The lowest BCUT2D eigenvalue weighted by Crippen LogP contribution is -2.03. The van der Waals surface area contributed by atoms with Gasteiger partial charge in [-0.15, -0.1) is 20.4 Å². The van der Waals surface area contributed by atoms with Gasteiger partial charge < -0.3 is 8.98 Å². The van der Waals surface area contributed by atoms with Crippen LogP contribution in [0.1, 0.15) is 62.9 Å². The highest BCUT2D eigenvalue weighted by atomic mass is 32.2. The maximum atomic E-state index is 5.77. The van der Waals surface area contributed by atoms with Crippen LogP contribution in [0.25, 0.3) is 0 Å². The van der Waals surface area contributed by atoms with Crippen LogP contribution in [-0.4, -0.2) is 25.0 Å². The molecule has 6 nitrogen and oxygen atoms in total. The van der Waals surface area contributed by atoms with Crippen LogP contribution < -0.4 is 0 Å². The van der Waals surface area contributed by atoms with Crippen molar-refractivity contribution in [1.82, 2.24) is 25.0 Å². The topological polar surface area (TPSA) is 69.6 Å². The van der Waals surface area contributed by atoms with Crippen molar-refractivity contribution in [3.8, 4) is 0 Å². The lowest BCUT2D eigenvalue weighted by Gasteiger charge is -2.09. The molecule has 0 saturated heterocycles. The number of fused-ring (bicyclic) bond motifs is 1. The van der Waals surface area contributed by atoms with Crippen LogP contribution in [0.5, 0.6) is 0 Å². The Morgan fingerprint density at radius 2 is 1.95 bits per heavy atom. The fourth-order valence-electron chi connectivity index (χ4n) is 2.62. The largest absolute Gasteiger partial charge is 0.424 e. The van der Waals surface area contributed by atoms with E-state index in [0.29, 0.717) is 11.8 Å². The molecule has 7 heteroatoms. The van der Waals surface area contributed by atoms with Gasteiger partial charge in [-0.3, -0.25) is 0 Å². The van der Waals surface area contributed by atoms with Crippen molar-refractivity contribution in [2.45, 2.75) is 69.8 Å². The molecule has 120 valence electrons. The summed E-state index contributed by atoms with van der Waals surface area (Å²) < 4.78 is 8.02. The summed E-state index contributed by atoms with van der Waals surface area (Å²) in [6, 6.07) is 0. The number of rotatable bonds is 5. The van der Waals surface area contributed by atoms with Gasteiger partial charge in [0.05, 0.1) is 5.25 Å². The second-order valence-electron chi connectivity index (χ2n) is 6.25. The van der Waals surface area contributed by atoms with Crippen LogP contribution >= 0.6 is 11.8 Å². The molecule has 3 heterocycles. The van der Waals surface area contributed by atoms with E-state index < -0.39 is 0 Å². The fourth-order valence-corrected chi connectivity index (χ4v) is 3.54. The summed E-state index contributed by atoms with van der Waals surface area (Å²) in [5.74, 6) is 3.02. The molecule has 0 unspecified atom stereocenters. The number of hydrogen-bond acceptors (Lipinski definition) is 6. The van der Waals surface area contributed by atoms with E-state index >= 15 is 0 Å². The highest BCUT2D eigenvalue weighted by Gasteiger charge is 2.21. The molecule has 3 rings (SSSR count). The maximum Gasteiger partial charge on any atom is 0.229 e. The quantitative estimate of drug-likeness (QED) is 0.786. The summed E-state index contributed by atoms with van der Waals surface area (Å²) in [7, 11) is 0. The number of hydrogen-bond donors (Lipinski definition) is 0. The lowest BCUT2D eigenvalue weighted by atomic mass is 10.1. The van der Waals surface area contributed by atoms with Gasteiger partial charge >= 0.3 is 0 Å². The first-order valence-corrected chi connectivity index (χ1v) is 8.92. The van der Waals surface area contributed by atoms with E-state index in [1.807, 2.05) is 0 Å². The summed E-state index contributed by atoms with van der Waals surface area (Å²) in [6.45, 7) is 7.39. The van der Waals surface area contributed by atoms with E-state index in [1.54, 1.807) is 11.8 Å². The van der Waals surface area contributed by atoms with Gasteiger partial charge in [0.1, 0.15) is 5.82 Å². The zero-order valence-corrected chi connectivity index (χ0v) is 14.3. The minimum Gasteiger partial charge on any atom is -0.424 e. The molecule has 22 heavy (non-hydrogen) atoms. The summed E-state index contributed by atoms with van der Waals surface area (Å²) in [4.78, 5) is 0. The third kappa shape index (κ3) is 3.51. The van der Waals surface area contributed by atoms with Gasteiger partial charge in [0.15, 0.2) is 5.16 Å². The third-order valence-corrected chi connectivity index (χ3v) is 4.84. The molecule has 0 bridgehead atoms. The zero-order chi connectivity index (χ0) is 15.5. The van der Waals surface area contributed by atoms with Crippen molar-refractivity contribution in [2.24, 2.45) is 5.92 Å². The predicted octanol–water partition coefficient (Wildman–Crippen LogP) is 3.44. The second kappa shape index (κ2) is 6.81. The summed E-state index contributed by atoms with van der Waals surface area (Å²) in [5.41, 5.74) is 0. The summed E-state index contributed by atoms with van der Waals surface area (Å²) in [5, 5.41) is 18.1. The van der Waals surface area contributed by atoms with Crippen LogP contribution in [0.4, 0.5) is 0 Å². The smallest absolute Gasteiger partial charge is 0.229 e. The van der Waals surface area contributed by atoms with E-state index in [9.17, 15) is 0 Å². The number of aryl methyl sites for hydroxylation is 1. The van der Waals surface area contributed by atoms with Crippen molar-refractivity contribution >= 4 is 11.8 Å². The Bertz CT molecular complexity index is 621. The van der Waals surface area contributed by atoms with E-state index in [4.69, 9.17) is 4.42 Å². The van der Waals surface area contributed by atoms with Gasteiger partial charge in [0, 0.05) is 19.4 Å². The van der Waals surface area contributed by atoms with E-state index in [1.165, 1.54) is 19.3 Å². The van der Waals surface area contributed by atoms with E-state index in [-0.39, 0.29) is 5.25 Å². The van der Waals surface area contributed by atoms with Gasteiger partial charge in [-0.25, -0.2) is 0 Å². The Kier molecular flexibility index (Phi) is 4.81. The molecule has 0 fully saturated rings. The third-order valence-electron chi connectivity index (χ3n) is 3.77. The molecule has 2 aromatic heterocycles. The van der Waals surface area contributed by atoms with Crippen molar-refractivity contribution < 1.29 is 4.42 Å². The van der Waals surface area contributed by atoms with Crippen molar-refractivity contribution in [2.75, 3.05) is 0 Å². The molecular weight excluding hydrogens is 298 g/mol. The van der Waals surface area contributed by atoms with Gasteiger partial charge in [-0.1, -0.05) is 32.0 Å². The molecule has 0 aliphatic carbocycles. The van der Waals surface area contributed by atoms with Gasteiger partial charge in [0.2, 0.25) is 11.8 Å². The second-order valence-corrected chi connectivity index (χ2v) is 7.56. The maximum absolute atomic E-state index is 5.77. The van der Waals surface area contributed by atoms with Crippen LogP contribution in [0.3, 0.4) is 0 Å². The highest BCUT2D eigenvalue weighted by Crippen LogP contribution is 2.34. The van der Waals surface area contributed by atoms with Gasteiger partial charge in [0.25, 0.3) is 0 Å². The molecule has 0 spiro atoms. The molecule has 1 aliphatic heterocycles. The fraction of sp³-hybridized carbons (Fsp3) is 0.733. The zero-order valence-electron chi connectivity index (χ0n) is 13.4. The van der Waals surface area contributed by atoms with Crippen LogP contribution in [-0.2, 0) is 19.4 Å². The Morgan fingerprint density at radius 1 is 1.09 bits per heavy atom. The molecule has 0 saturated carbocycles. The Balaban J connectivity index is 1.70. The molecule has 2 aromatic rings. The highest BCUT2D eigenvalue weighted by molar-refractivity contribution is 7.99. The molecule has 0 radical (unpaired) electrons. The number of nitrogens with zero attached hydrogens (tertiary/aromatic N) is 5. The first kappa shape index (κ1) is 15.5. The first-order valence-electron chi connectivity index (χ1n) is 8.04. The van der Waals surface area contributed by atoms with Crippen LogP contribution in [0.2, 0.25) is 0 Å². The molecule has 0 N–H and O–H groups in total. The van der Waals surface area contributed by atoms with Gasteiger partial charge in [-0.2, -0.15) is 0 Å². The average Bonchev–Trinajstić information content (AvgIpc) is 3.00. The molecule has 1 aliphatic rings. The van der Waals surface area contributed by atoms with Gasteiger partial charge in [-0.05, 0) is 25.7 Å². The molecular formula is C15H23N5OS. The minimum absolute atomic E-state index is 0.0879. The number of aromatic nitrogens is 5.